The molecular weight excluding hydrogens is 300 g/mol. The fraction of sp³-hybridized carbons (Fsp3) is 0.176. The van der Waals surface area contributed by atoms with Gasteiger partial charge in [0.15, 0.2) is 0 Å². The monoisotopic (exact) mass is 316 g/mol. The molecule has 0 heterocycles. The maximum atomic E-state index is 11.9. The van der Waals surface area contributed by atoms with Crippen LogP contribution in [-0.2, 0) is 6.42 Å². The van der Waals surface area contributed by atoms with Gasteiger partial charge < -0.3 is 4.74 Å². The standard InChI is InChI=1S/C17H17ClN2O2/c1-12(11-14-5-3-4-6-16(14)22-2)19-20-17(21)13-7-9-15(18)10-8-13/h3-10H,11H2,1-2H3,(H,20,21)/b19-12-. The zero-order valence-electron chi connectivity index (χ0n) is 12.5. The average molecular weight is 317 g/mol. The van der Waals surface area contributed by atoms with E-state index in [9.17, 15) is 4.79 Å². The maximum Gasteiger partial charge on any atom is 0.271 e. The molecule has 0 bridgehead atoms. The van der Waals surface area contributed by atoms with E-state index in [-0.39, 0.29) is 5.91 Å². The normalized spacial score (nSPS) is 11.1. The molecule has 114 valence electrons. The summed E-state index contributed by atoms with van der Waals surface area (Å²) >= 11 is 5.79. The number of ether oxygens (including phenoxy) is 1. The molecule has 22 heavy (non-hydrogen) atoms. The van der Waals surface area contributed by atoms with Gasteiger partial charge in [-0.2, -0.15) is 5.10 Å². The van der Waals surface area contributed by atoms with E-state index in [1.165, 1.54) is 0 Å². The van der Waals surface area contributed by atoms with Gasteiger partial charge in [-0.25, -0.2) is 5.43 Å². The van der Waals surface area contributed by atoms with Gasteiger partial charge in [-0.05, 0) is 42.8 Å². The predicted octanol–water partition coefficient (Wildman–Crippen LogP) is 3.70. The zero-order valence-corrected chi connectivity index (χ0v) is 13.2. The Morgan fingerprint density at radius 3 is 2.55 bits per heavy atom. The molecule has 0 aliphatic rings. The first kappa shape index (κ1) is 16.0. The molecule has 0 aliphatic carbocycles. The number of halogens is 1. The molecule has 4 nitrogen and oxygen atoms in total. The Hall–Kier alpha value is -2.33. The number of hydrazone groups is 1. The molecule has 0 radical (unpaired) electrons. The van der Waals surface area contributed by atoms with E-state index in [2.05, 4.69) is 10.5 Å². The van der Waals surface area contributed by atoms with Crippen molar-refractivity contribution in [2.75, 3.05) is 7.11 Å². The molecule has 2 aromatic rings. The summed E-state index contributed by atoms with van der Waals surface area (Å²) in [5, 5.41) is 4.71. The van der Waals surface area contributed by atoms with Crippen LogP contribution in [-0.4, -0.2) is 18.7 Å². The Kier molecular flexibility index (Phi) is 5.55. The summed E-state index contributed by atoms with van der Waals surface area (Å²) in [6.45, 7) is 1.86. The summed E-state index contributed by atoms with van der Waals surface area (Å²) in [6, 6.07) is 14.4. The number of hydrogen-bond acceptors (Lipinski definition) is 3. The number of benzene rings is 2. The molecule has 1 amide bonds. The van der Waals surface area contributed by atoms with Crippen molar-refractivity contribution in [3.8, 4) is 5.75 Å². The van der Waals surface area contributed by atoms with Crippen LogP contribution in [0, 0.1) is 0 Å². The van der Waals surface area contributed by atoms with E-state index in [1.807, 2.05) is 31.2 Å². The van der Waals surface area contributed by atoms with Crippen molar-refractivity contribution in [3.05, 3.63) is 64.7 Å². The third-order valence-electron chi connectivity index (χ3n) is 3.09. The van der Waals surface area contributed by atoms with Crippen LogP contribution >= 0.6 is 11.6 Å². The summed E-state index contributed by atoms with van der Waals surface area (Å²) in [5.41, 5.74) is 4.86. The van der Waals surface area contributed by atoms with Crippen molar-refractivity contribution >= 4 is 23.2 Å². The molecular formula is C17H17ClN2O2. The minimum absolute atomic E-state index is 0.268. The highest BCUT2D eigenvalue weighted by Crippen LogP contribution is 2.18. The Morgan fingerprint density at radius 1 is 1.18 bits per heavy atom. The van der Waals surface area contributed by atoms with Crippen molar-refractivity contribution in [3.63, 3.8) is 0 Å². The molecule has 2 aromatic carbocycles. The van der Waals surface area contributed by atoms with E-state index < -0.39 is 0 Å². The van der Waals surface area contributed by atoms with Gasteiger partial charge in [-0.1, -0.05) is 29.8 Å². The minimum Gasteiger partial charge on any atom is -0.496 e. The number of carbonyl (C=O) groups is 1. The predicted molar refractivity (Wildman–Crippen MR) is 88.7 cm³/mol. The molecule has 0 saturated heterocycles. The molecule has 0 aromatic heterocycles. The number of hydrogen-bond donors (Lipinski definition) is 1. The van der Waals surface area contributed by atoms with Gasteiger partial charge in [0.25, 0.3) is 5.91 Å². The molecule has 0 aliphatic heterocycles. The van der Waals surface area contributed by atoms with E-state index in [0.29, 0.717) is 17.0 Å². The average Bonchev–Trinajstić information content (AvgIpc) is 2.54. The second-order valence-corrected chi connectivity index (χ2v) is 5.22. The number of nitrogens with one attached hydrogen (secondary N) is 1. The van der Waals surface area contributed by atoms with Crippen LogP contribution in [0.2, 0.25) is 5.02 Å². The van der Waals surface area contributed by atoms with E-state index in [4.69, 9.17) is 16.3 Å². The van der Waals surface area contributed by atoms with Gasteiger partial charge >= 0.3 is 0 Å². The second-order valence-electron chi connectivity index (χ2n) is 4.78. The molecule has 0 unspecified atom stereocenters. The lowest BCUT2D eigenvalue weighted by Gasteiger charge is -2.08. The summed E-state index contributed by atoms with van der Waals surface area (Å²) < 4.78 is 5.30. The lowest BCUT2D eigenvalue weighted by atomic mass is 10.1. The van der Waals surface area contributed by atoms with Crippen molar-refractivity contribution < 1.29 is 9.53 Å². The van der Waals surface area contributed by atoms with Crippen LogP contribution in [0.4, 0.5) is 0 Å². The first-order chi connectivity index (χ1) is 10.6. The van der Waals surface area contributed by atoms with Gasteiger partial charge in [0, 0.05) is 22.7 Å². The highest BCUT2D eigenvalue weighted by molar-refractivity contribution is 6.30. The lowest BCUT2D eigenvalue weighted by molar-refractivity contribution is 0.0954. The molecule has 0 fully saturated rings. The molecule has 5 heteroatoms. The number of carbonyl (C=O) groups excluding carboxylic acids is 1. The van der Waals surface area contributed by atoms with Gasteiger partial charge in [0.2, 0.25) is 0 Å². The van der Waals surface area contributed by atoms with E-state index in [0.717, 1.165) is 17.0 Å². The number of rotatable bonds is 5. The Balaban J connectivity index is 2.00. The smallest absolute Gasteiger partial charge is 0.271 e. The van der Waals surface area contributed by atoms with Crippen LogP contribution in [0.1, 0.15) is 22.8 Å². The zero-order chi connectivity index (χ0) is 15.9. The van der Waals surface area contributed by atoms with Crippen LogP contribution in [0.15, 0.2) is 53.6 Å². The van der Waals surface area contributed by atoms with Crippen molar-refractivity contribution in [2.24, 2.45) is 5.10 Å². The van der Waals surface area contributed by atoms with Gasteiger partial charge in [-0.3, -0.25) is 4.79 Å². The Bertz CT molecular complexity index is 681. The van der Waals surface area contributed by atoms with Crippen LogP contribution in [0.3, 0.4) is 0 Å². The molecule has 0 atom stereocenters. The van der Waals surface area contributed by atoms with E-state index >= 15 is 0 Å². The highest BCUT2D eigenvalue weighted by Gasteiger charge is 2.06. The first-order valence-corrected chi connectivity index (χ1v) is 7.19. The fourth-order valence-corrected chi connectivity index (χ4v) is 2.10. The molecule has 0 saturated carbocycles. The largest absolute Gasteiger partial charge is 0.496 e. The number of nitrogens with zero attached hydrogens (tertiary/aromatic N) is 1. The number of para-hydroxylation sites is 1. The highest BCUT2D eigenvalue weighted by atomic mass is 35.5. The third-order valence-corrected chi connectivity index (χ3v) is 3.35. The molecule has 0 spiro atoms. The molecule has 2 rings (SSSR count). The first-order valence-electron chi connectivity index (χ1n) is 6.81. The Morgan fingerprint density at radius 2 is 1.86 bits per heavy atom. The van der Waals surface area contributed by atoms with Crippen LogP contribution in [0.25, 0.3) is 0 Å². The van der Waals surface area contributed by atoms with Gasteiger partial charge in [-0.15, -0.1) is 0 Å². The SMILES string of the molecule is COc1ccccc1C/C(C)=N\NC(=O)c1ccc(Cl)cc1. The van der Waals surface area contributed by atoms with E-state index in [1.54, 1.807) is 31.4 Å². The fourth-order valence-electron chi connectivity index (χ4n) is 1.98. The minimum atomic E-state index is -0.268. The third kappa shape index (κ3) is 4.33. The van der Waals surface area contributed by atoms with Crippen molar-refractivity contribution in [2.45, 2.75) is 13.3 Å². The van der Waals surface area contributed by atoms with Crippen molar-refractivity contribution in [1.82, 2.24) is 5.43 Å². The number of methoxy groups -OCH3 is 1. The lowest BCUT2D eigenvalue weighted by Crippen LogP contribution is -2.19. The van der Waals surface area contributed by atoms with Crippen molar-refractivity contribution in [1.29, 1.82) is 0 Å². The Labute approximate surface area is 134 Å². The topological polar surface area (TPSA) is 50.7 Å². The summed E-state index contributed by atoms with van der Waals surface area (Å²) in [7, 11) is 1.63. The summed E-state index contributed by atoms with van der Waals surface area (Å²) in [6.07, 6.45) is 0.602. The summed E-state index contributed by atoms with van der Waals surface area (Å²) in [4.78, 5) is 11.9. The van der Waals surface area contributed by atoms with Gasteiger partial charge in [0.1, 0.15) is 5.75 Å². The second kappa shape index (κ2) is 7.61. The van der Waals surface area contributed by atoms with Crippen LogP contribution in [0.5, 0.6) is 5.75 Å². The summed E-state index contributed by atoms with van der Waals surface area (Å²) in [5.74, 6) is 0.539. The van der Waals surface area contributed by atoms with Crippen LogP contribution < -0.4 is 10.2 Å². The molecule has 1 N–H and O–H groups in total. The number of amides is 1. The van der Waals surface area contributed by atoms with Gasteiger partial charge in [0.05, 0.1) is 7.11 Å². The maximum absolute atomic E-state index is 11.9. The quantitative estimate of drug-likeness (QED) is 0.675.